The van der Waals surface area contributed by atoms with Gasteiger partial charge in [-0.2, -0.15) is 0 Å². The van der Waals surface area contributed by atoms with Crippen molar-refractivity contribution >= 4 is 11.8 Å². The number of hydrogen-bond acceptors (Lipinski definition) is 4. The van der Waals surface area contributed by atoms with Crippen LogP contribution in [0, 0.1) is 5.92 Å². The average molecular weight is 399 g/mol. The normalized spacial score (nSPS) is 27.2. The third kappa shape index (κ3) is 4.64. The largest absolute Gasteiger partial charge is 0.351 e. The van der Waals surface area contributed by atoms with Crippen LogP contribution >= 0.6 is 0 Å². The zero-order valence-electron chi connectivity index (χ0n) is 17.3. The summed E-state index contributed by atoms with van der Waals surface area (Å²) >= 11 is 0. The maximum atomic E-state index is 13.2. The highest BCUT2D eigenvalue weighted by atomic mass is 16.2. The monoisotopic (exact) mass is 398 g/mol. The summed E-state index contributed by atoms with van der Waals surface area (Å²) < 4.78 is 0. The number of piperidine rings is 2. The van der Waals surface area contributed by atoms with Crippen LogP contribution in [0.25, 0.3) is 0 Å². The van der Waals surface area contributed by atoms with Crippen molar-refractivity contribution in [3.63, 3.8) is 0 Å². The molecular formula is C23H34N4O2. The SMILES string of the molecule is NCC1CCCc2ccc(C(=O)N3CCCC(NC(=O)C4CCCNC4)C3)cc21. The first-order valence-electron chi connectivity index (χ1n) is 11.3. The Morgan fingerprint density at radius 3 is 2.86 bits per heavy atom. The van der Waals surface area contributed by atoms with Crippen molar-refractivity contribution in [1.82, 2.24) is 15.5 Å². The van der Waals surface area contributed by atoms with E-state index in [9.17, 15) is 9.59 Å². The highest BCUT2D eigenvalue weighted by Crippen LogP contribution is 2.32. The molecular weight excluding hydrogens is 364 g/mol. The van der Waals surface area contributed by atoms with E-state index in [2.05, 4.69) is 22.8 Å². The minimum absolute atomic E-state index is 0.0524. The molecule has 4 N–H and O–H groups in total. The minimum Gasteiger partial charge on any atom is -0.351 e. The summed E-state index contributed by atoms with van der Waals surface area (Å²) in [5.41, 5.74) is 9.33. The second-order valence-electron chi connectivity index (χ2n) is 8.88. The molecule has 6 heteroatoms. The van der Waals surface area contributed by atoms with Crippen LogP contribution in [0.2, 0.25) is 0 Å². The van der Waals surface area contributed by atoms with E-state index >= 15 is 0 Å². The highest BCUT2D eigenvalue weighted by molar-refractivity contribution is 5.94. The molecule has 2 heterocycles. The number of fused-ring (bicyclic) bond motifs is 1. The van der Waals surface area contributed by atoms with Gasteiger partial charge in [0.2, 0.25) is 5.91 Å². The van der Waals surface area contributed by atoms with Crippen LogP contribution in [-0.4, -0.2) is 55.5 Å². The quantitative estimate of drug-likeness (QED) is 0.722. The number of nitrogens with two attached hydrogens (primary N) is 1. The molecule has 1 aromatic carbocycles. The minimum atomic E-state index is 0.0524. The predicted molar refractivity (Wildman–Crippen MR) is 114 cm³/mol. The number of likely N-dealkylation sites (tertiary alicyclic amines) is 1. The molecule has 1 aliphatic carbocycles. The van der Waals surface area contributed by atoms with Gasteiger partial charge in [-0.15, -0.1) is 0 Å². The van der Waals surface area contributed by atoms with Gasteiger partial charge in [-0.05, 0) is 87.2 Å². The number of hydrogen-bond donors (Lipinski definition) is 3. The molecule has 1 aromatic rings. The first-order valence-corrected chi connectivity index (χ1v) is 11.3. The van der Waals surface area contributed by atoms with Gasteiger partial charge in [0.1, 0.15) is 0 Å². The molecule has 2 fully saturated rings. The molecule has 3 aliphatic rings. The fourth-order valence-corrected chi connectivity index (χ4v) is 5.13. The Hall–Kier alpha value is -1.92. The Morgan fingerprint density at radius 1 is 1.17 bits per heavy atom. The smallest absolute Gasteiger partial charge is 0.253 e. The second kappa shape index (κ2) is 9.26. The Bertz CT molecular complexity index is 744. The third-order valence-electron chi connectivity index (χ3n) is 6.84. The molecule has 2 aliphatic heterocycles. The van der Waals surface area contributed by atoms with E-state index in [1.807, 2.05) is 11.0 Å². The van der Waals surface area contributed by atoms with Crippen LogP contribution in [0.1, 0.15) is 65.9 Å². The van der Waals surface area contributed by atoms with Crippen LogP contribution in [0.3, 0.4) is 0 Å². The molecule has 0 saturated carbocycles. The lowest BCUT2D eigenvalue weighted by molar-refractivity contribution is -0.126. The molecule has 158 valence electrons. The van der Waals surface area contributed by atoms with Crippen molar-refractivity contribution in [2.75, 3.05) is 32.7 Å². The van der Waals surface area contributed by atoms with Crippen molar-refractivity contribution in [1.29, 1.82) is 0 Å². The summed E-state index contributed by atoms with van der Waals surface area (Å²) in [4.78, 5) is 27.7. The molecule has 0 aromatic heterocycles. The molecule has 4 rings (SSSR count). The van der Waals surface area contributed by atoms with Crippen molar-refractivity contribution < 1.29 is 9.59 Å². The first kappa shape index (κ1) is 20.4. The highest BCUT2D eigenvalue weighted by Gasteiger charge is 2.29. The van der Waals surface area contributed by atoms with Gasteiger partial charge in [0, 0.05) is 31.2 Å². The first-order chi connectivity index (χ1) is 14.2. The summed E-state index contributed by atoms with van der Waals surface area (Å²) in [5, 5.41) is 6.50. The lowest BCUT2D eigenvalue weighted by Crippen LogP contribution is -2.52. The van der Waals surface area contributed by atoms with Gasteiger partial charge in [0.15, 0.2) is 0 Å². The number of nitrogens with one attached hydrogen (secondary N) is 2. The number of carbonyl (C=O) groups is 2. The van der Waals surface area contributed by atoms with Crippen molar-refractivity contribution in [2.45, 2.75) is 56.9 Å². The maximum absolute atomic E-state index is 13.2. The molecule has 0 bridgehead atoms. The van der Waals surface area contributed by atoms with Crippen LogP contribution < -0.4 is 16.4 Å². The summed E-state index contributed by atoms with van der Waals surface area (Å²) in [6.07, 6.45) is 7.22. The van der Waals surface area contributed by atoms with Gasteiger partial charge in [0.05, 0.1) is 5.92 Å². The van der Waals surface area contributed by atoms with Gasteiger partial charge >= 0.3 is 0 Å². The fourth-order valence-electron chi connectivity index (χ4n) is 5.13. The Kier molecular flexibility index (Phi) is 6.50. The van der Waals surface area contributed by atoms with Crippen molar-refractivity contribution in [3.05, 3.63) is 34.9 Å². The molecule has 3 atom stereocenters. The fraction of sp³-hybridized carbons (Fsp3) is 0.652. The van der Waals surface area contributed by atoms with E-state index in [-0.39, 0.29) is 23.8 Å². The number of rotatable bonds is 4. The molecule has 29 heavy (non-hydrogen) atoms. The summed E-state index contributed by atoms with van der Waals surface area (Å²) in [6.45, 7) is 3.76. The van der Waals surface area contributed by atoms with Crippen molar-refractivity contribution in [3.8, 4) is 0 Å². The number of amides is 2. The van der Waals surface area contributed by atoms with Crippen LogP contribution in [-0.2, 0) is 11.2 Å². The third-order valence-corrected chi connectivity index (χ3v) is 6.84. The van der Waals surface area contributed by atoms with Crippen molar-refractivity contribution in [2.24, 2.45) is 11.7 Å². The van der Waals surface area contributed by atoms with E-state index in [4.69, 9.17) is 5.73 Å². The Morgan fingerprint density at radius 2 is 2.07 bits per heavy atom. The molecule has 0 spiro atoms. The standard InChI is InChI=1S/C23H34N4O2/c24-13-18-5-1-4-16-8-9-17(12-21(16)18)23(29)27-11-3-7-20(15-27)26-22(28)19-6-2-10-25-14-19/h8-9,12,18-20,25H,1-7,10-11,13-15,24H2,(H,26,28). The van der Waals surface area contributed by atoms with Gasteiger partial charge in [-0.25, -0.2) is 0 Å². The second-order valence-corrected chi connectivity index (χ2v) is 8.88. The number of carbonyl (C=O) groups excluding carboxylic acids is 2. The zero-order valence-corrected chi connectivity index (χ0v) is 17.3. The number of nitrogens with zero attached hydrogens (tertiary/aromatic N) is 1. The van der Waals surface area contributed by atoms with Crippen LogP contribution in [0.4, 0.5) is 0 Å². The summed E-state index contributed by atoms with van der Waals surface area (Å²) in [5.74, 6) is 0.635. The Balaban J connectivity index is 1.40. The van der Waals surface area contributed by atoms with Gasteiger partial charge in [0.25, 0.3) is 5.91 Å². The van der Waals surface area contributed by atoms with Crippen LogP contribution in [0.15, 0.2) is 18.2 Å². The van der Waals surface area contributed by atoms with Gasteiger partial charge in [-0.1, -0.05) is 6.07 Å². The molecule has 2 saturated heterocycles. The topological polar surface area (TPSA) is 87.5 Å². The number of benzene rings is 1. The van der Waals surface area contributed by atoms with E-state index in [1.165, 1.54) is 17.5 Å². The van der Waals surface area contributed by atoms with E-state index in [1.54, 1.807) is 0 Å². The van der Waals surface area contributed by atoms with E-state index in [0.717, 1.165) is 63.7 Å². The predicted octanol–water partition coefficient (Wildman–Crippen LogP) is 1.79. The Labute approximate surface area is 173 Å². The molecule has 6 nitrogen and oxygen atoms in total. The lowest BCUT2D eigenvalue weighted by atomic mass is 9.82. The average Bonchev–Trinajstić information content (AvgIpc) is 2.78. The van der Waals surface area contributed by atoms with E-state index in [0.29, 0.717) is 19.0 Å². The van der Waals surface area contributed by atoms with Crippen LogP contribution in [0.5, 0.6) is 0 Å². The summed E-state index contributed by atoms with van der Waals surface area (Å²) in [6, 6.07) is 6.21. The van der Waals surface area contributed by atoms with E-state index < -0.39 is 0 Å². The zero-order chi connectivity index (χ0) is 20.2. The molecule has 0 radical (unpaired) electrons. The molecule has 3 unspecified atom stereocenters. The maximum Gasteiger partial charge on any atom is 0.253 e. The van der Waals surface area contributed by atoms with Gasteiger partial charge < -0.3 is 21.3 Å². The van der Waals surface area contributed by atoms with Gasteiger partial charge in [-0.3, -0.25) is 9.59 Å². The summed E-state index contributed by atoms with van der Waals surface area (Å²) in [7, 11) is 0. The molecule has 2 amide bonds. The lowest BCUT2D eigenvalue weighted by Gasteiger charge is -2.34. The number of aryl methyl sites for hydroxylation is 1.